The number of carbonyl (C=O) groups excluding carboxylic acids is 1. The molecule has 0 spiro atoms. The number of benzene rings is 1. The first kappa shape index (κ1) is 10.9. The van der Waals surface area contributed by atoms with Gasteiger partial charge in [-0.2, -0.15) is 0 Å². The summed E-state index contributed by atoms with van der Waals surface area (Å²) in [4.78, 5) is 20.2. The summed E-state index contributed by atoms with van der Waals surface area (Å²) < 4.78 is 0. The van der Waals surface area contributed by atoms with E-state index < -0.39 is 0 Å². The van der Waals surface area contributed by atoms with Gasteiger partial charge in [-0.25, -0.2) is 5.48 Å². The molecule has 2 aromatic rings. The second kappa shape index (κ2) is 4.47. The maximum atomic E-state index is 11.5. The molecule has 1 heterocycles. The summed E-state index contributed by atoms with van der Waals surface area (Å²) in [6.07, 6.45) is 1.60. The fraction of sp³-hybridized carbons (Fsp3) is 0.0909. The molecule has 1 N–H and O–H groups in total. The number of carbonyl (C=O) groups is 1. The van der Waals surface area contributed by atoms with Gasteiger partial charge in [0.25, 0.3) is 5.91 Å². The van der Waals surface area contributed by atoms with Crippen LogP contribution in [0.4, 0.5) is 0 Å². The molecule has 1 aromatic heterocycles. The molecule has 0 unspecified atom stereocenters. The van der Waals surface area contributed by atoms with Crippen molar-refractivity contribution in [3.8, 4) is 0 Å². The van der Waals surface area contributed by atoms with E-state index in [1.165, 1.54) is 7.11 Å². The third kappa shape index (κ3) is 1.98. The average molecular weight is 237 g/mol. The highest BCUT2D eigenvalue weighted by atomic mass is 35.5. The van der Waals surface area contributed by atoms with Crippen molar-refractivity contribution >= 4 is 28.4 Å². The molecular weight excluding hydrogens is 228 g/mol. The standard InChI is InChI=1S/C11H9ClN2O2/c1-16-14-11(15)7-2-3-8-9(12)4-5-13-10(8)6-7/h2-6H,1H3,(H,14,15). The van der Waals surface area contributed by atoms with E-state index in [4.69, 9.17) is 11.6 Å². The third-order valence-electron chi connectivity index (χ3n) is 2.15. The van der Waals surface area contributed by atoms with Crippen molar-refractivity contribution in [3.63, 3.8) is 0 Å². The van der Waals surface area contributed by atoms with Gasteiger partial charge < -0.3 is 0 Å². The van der Waals surface area contributed by atoms with Gasteiger partial charge in [-0.05, 0) is 18.2 Å². The highest BCUT2D eigenvalue weighted by Gasteiger charge is 2.07. The Balaban J connectivity index is 2.48. The molecule has 0 aliphatic carbocycles. The minimum absolute atomic E-state index is 0.314. The highest BCUT2D eigenvalue weighted by Crippen LogP contribution is 2.22. The number of halogens is 1. The molecule has 0 saturated heterocycles. The zero-order valence-electron chi connectivity index (χ0n) is 8.53. The number of nitrogens with zero attached hydrogens (tertiary/aromatic N) is 1. The van der Waals surface area contributed by atoms with Crippen molar-refractivity contribution in [1.82, 2.24) is 10.5 Å². The summed E-state index contributed by atoms with van der Waals surface area (Å²) >= 11 is 5.98. The Hall–Kier alpha value is -1.65. The largest absolute Gasteiger partial charge is 0.277 e. The number of hydroxylamine groups is 1. The lowest BCUT2D eigenvalue weighted by molar-refractivity contribution is 0.0538. The summed E-state index contributed by atoms with van der Waals surface area (Å²) in [5.74, 6) is -0.314. The molecule has 5 heteroatoms. The van der Waals surface area contributed by atoms with Gasteiger partial charge in [0.15, 0.2) is 0 Å². The number of hydrogen-bond acceptors (Lipinski definition) is 3. The summed E-state index contributed by atoms with van der Waals surface area (Å²) in [7, 11) is 1.38. The van der Waals surface area contributed by atoms with Crippen molar-refractivity contribution in [2.75, 3.05) is 7.11 Å². The number of fused-ring (bicyclic) bond motifs is 1. The third-order valence-corrected chi connectivity index (χ3v) is 2.48. The number of aromatic nitrogens is 1. The Kier molecular flexibility index (Phi) is 3.03. The van der Waals surface area contributed by atoms with Gasteiger partial charge in [0.1, 0.15) is 0 Å². The lowest BCUT2D eigenvalue weighted by atomic mass is 10.1. The Bertz CT molecular complexity index is 542. The van der Waals surface area contributed by atoms with Gasteiger partial charge >= 0.3 is 0 Å². The van der Waals surface area contributed by atoms with Crippen LogP contribution in [0, 0.1) is 0 Å². The van der Waals surface area contributed by atoms with Gasteiger partial charge in [-0.1, -0.05) is 17.7 Å². The fourth-order valence-corrected chi connectivity index (χ4v) is 1.62. The van der Waals surface area contributed by atoms with Gasteiger partial charge in [-0.3, -0.25) is 14.6 Å². The molecular formula is C11H9ClN2O2. The van der Waals surface area contributed by atoms with Crippen molar-refractivity contribution in [3.05, 3.63) is 41.0 Å². The quantitative estimate of drug-likeness (QED) is 0.814. The number of hydrogen-bond donors (Lipinski definition) is 1. The lowest BCUT2D eigenvalue weighted by Gasteiger charge is -2.04. The normalized spacial score (nSPS) is 10.4. The topological polar surface area (TPSA) is 51.2 Å². The van der Waals surface area contributed by atoms with Crippen LogP contribution < -0.4 is 5.48 Å². The lowest BCUT2D eigenvalue weighted by Crippen LogP contribution is -2.21. The molecule has 4 nitrogen and oxygen atoms in total. The Labute approximate surface area is 97.1 Å². The van der Waals surface area contributed by atoms with E-state index in [1.807, 2.05) is 0 Å². The first-order valence-electron chi connectivity index (χ1n) is 4.60. The number of nitrogens with one attached hydrogen (secondary N) is 1. The van der Waals surface area contributed by atoms with Gasteiger partial charge in [0.05, 0.1) is 17.6 Å². The molecule has 2 rings (SSSR count). The fourth-order valence-electron chi connectivity index (χ4n) is 1.41. The maximum absolute atomic E-state index is 11.5. The van der Waals surface area contributed by atoms with Crippen LogP contribution in [0.15, 0.2) is 30.5 Å². The molecule has 0 saturated carbocycles. The molecule has 0 fully saturated rings. The van der Waals surface area contributed by atoms with E-state index in [1.54, 1.807) is 30.5 Å². The van der Waals surface area contributed by atoms with Crippen molar-refractivity contribution < 1.29 is 9.63 Å². The molecule has 1 amide bonds. The molecule has 0 radical (unpaired) electrons. The second-order valence-electron chi connectivity index (χ2n) is 3.16. The zero-order chi connectivity index (χ0) is 11.5. The number of amides is 1. The Morgan fingerprint density at radius 3 is 3.00 bits per heavy atom. The van der Waals surface area contributed by atoms with Gasteiger partial charge in [-0.15, -0.1) is 0 Å². The summed E-state index contributed by atoms with van der Waals surface area (Å²) in [5.41, 5.74) is 3.39. The van der Waals surface area contributed by atoms with E-state index in [9.17, 15) is 4.79 Å². The maximum Gasteiger partial charge on any atom is 0.274 e. The first-order chi connectivity index (χ1) is 7.72. The molecule has 0 atom stereocenters. The molecule has 0 bridgehead atoms. The van der Waals surface area contributed by atoms with Gasteiger partial charge in [0.2, 0.25) is 0 Å². The van der Waals surface area contributed by atoms with E-state index in [0.29, 0.717) is 16.1 Å². The van der Waals surface area contributed by atoms with E-state index in [2.05, 4.69) is 15.3 Å². The Morgan fingerprint density at radius 1 is 1.44 bits per heavy atom. The predicted octanol–water partition coefficient (Wildman–Crippen LogP) is 2.18. The van der Waals surface area contributed by atoms with Crippen LogP contribution in [-0.4, -0.2) is 18.0 Å². The number of rotatable bonds is 2. The second-order valence-corrected chi connectivity index (χ2v) is 3.57. The molecule has 1 aromatic carbocycles. The van der Waals surface area contributed by atoms with Crippen LogP contribution in [-0.2, 0) is 4.84 Å². The molecule has 0 aliphatic heterocycles. The van der Waals surface area contributed by atoms with E-state index >= 15 is 0 Å². The number of pyridine rings is 1. The van der Waals surface area contributed by atoms with E-state index in [-0.39, 0.29) is 5.91 Å². The molecule has 16 heavy (non-hydrogen) atoms. The Morgan fingerprint density at radius 2 is 2.25 bits per heavy atom. The zero-order valence-corrected chi connectivity index (χ0v) is 9.28. The van der Waals surface area contributed by atoms with Crippen molar-refractivity contribution in [2.45, 2.75) is 0 Å². The van der Waals surface area contributed by atoms with Crippen LogP contribution in [0.2, 0.25) is 5.02 Å². The van der Waals surface area contributed by atoms with Crippen LogP contribution in [0.1, 0.15) is 10.4 Å². The molecule has 0 aliphatic rings. The predicted molar refractivity (Wildman–Crippen MR) is 61.2 cm³/mol. The average Bonchev–Trinajstić information content (AvgIpc) is 2.29. The van der Waals surface area contributed by atoms with Crippen LogP contribution in [0.3, 0.4) is 0 Å². The van der Waals surface area contributed by atoms with Crippen LogP contribution >= 0.6 is 11.6 Å². The highest BCUT2D eigenvalue weighted by molar-refractivity contribution is 6.35. The summed E-state index contributed by atoms with van der Waals surface area (Å²) in [5, 5.41) is 1.43. The SMILES string of the molecule is CONC(=O)c1ccc2c(Cl)ccnc2c1. The minimum atomic E-state index is -0.314. The minimum Gasteiger partial charge on any atom is -0.277 e. The summed E-state index contributed by atoms with van der Waals surface area (Å²) in [6.45, 7) is 0. The van der Waals surface area contributed by atoms with Crippen LogP contribution in [0.5, 0.6) is 0 Å². The summed E-state index contributed by atoms with van der Waals surface area (Å²) in [6, 6.07) is 6.80. The first-order valence-corrected chi connectivity index (χ1v) is 4.98. The van der Waals surface area contributed by atoms with E-state index in [0.717, 1.165) is 5.39 Å². The van der Waals surface area contributed by atoms with Crippen molar-refractivity contribution in [1.29, 1.82) is 0 Å². The van der Waals surface area contributed by atoms with Crippen LogP contribution in [0.25, 0.3) is 10.9 Å². The smallest absolute Gasteiger partial charge is 0.274 e. The monoisotopic (exact) mass is 236 g/mol. The van der Waals surface area contributed by atoms with Crippen molar-refractivity contribution in [2.24, 2.45) is 0 Å². The molecule has 82 valence electrons. The van der Waals surface area contributed by atoms with Gasteiger partial charge in [0, 0.05) is 17.1 Å².